The molecule has 0 spiro atoms. The van der Waals surface area contributed by atoms with Gasteiger partial charge in [0.1, 0.15) is 0 Å². The van der Waals surface area contributed by atoms with E-state index in [1.807, 2.05) is 18.6 Å². The molecule has 3 nitrogen and oxygen atoms in total. The van der Waals surface area contributed by atoms with Crippen LogP contribution in [0.3, 0.4) is 0 Å². The number of allylic oxidation sites excluding steroid dienone is 2. The molecule has 0 saturated carbocycles. The minimum absolute atomic E-state index is 0.0754. The van der Waals surface area contributed by atoms with Gasteiger partial charge in [-0.15, -0.1) is 0 Å². The van der Waals surface area contributed by atoms with E-state index in [0.29, 0.717) is 0 Å². The third-order valence-electron chi connectivity index (χ3n) is 2.73. The Morgan fingerprint density at radius 2 is 2.14 bits per heavy atom. The molecule has 0 aromatic carbocycles. The maximum Gasteiger partial charge on any atom is 0.152 e. The standard InChI is InChI=1S/C11H17N3/c1-10(2,3)14-8-12-9-6-5-7-13-11(9,14)4/h5-8,13H,1-4H3. The quantitative estimate of drug-likeness (QED) is 0.632. The lowest BCUT2D eigenvalue weighted by Crippen LogP contribution is -2.59. The van der Waals surface area contributed by atoms with E-state index < -0.39 is 0 Å². The maximum atomic E-state index is 4.43. The molecule has 0 fully saturated rings. The second kappa shape index (κ2) is 2.62. The summed E-state index contributed by atoms with van der Waals surface area (Å²) in [7, 11) is 0. The van der Waals surface area contributed by atoms with Crippen LogP contribution >= 0.6 is 0 Å². The molecule has 3 heteroatoms. The van der Waals surface area contributed by atoms with Crippen molar-refractivity contribution in [3.63, 3.8) is 0 Å². The number of fused-ring (bicyclic) bond motifs is 1. The van der Waals surface area contributed by atoms with Crippen molar-refractivity contribution in [1.29, 1.82) is 0 Å². The van der Waals surface area contributed by atoms with E-state index in [1.165, 1.54) is 0 Å². The molecule has 0 aromatic rings. The van der Waals surface area contributed by atoms with E-state index in [4.69, 9.17) is 0 Å². The zero-order valence-electron chi connectivity index (χ0n) is 9.20. The van der Waals surface area contributed by atoms with Crippen molar-refractivity contribution in [2.24, 2.45) is 4.99 Å². The molecule has 1 N–H and O–H groups in total. The van der Waals surface area contributed by atoms with Gasteiger partial charge >= 0.3 is 0 Å². The van der Waals surface area contributed by atoms with Crippen LogP contribution in [0.2, 0.25) is 0 Å². The SMILES string of the molecule is CC(C)(C)N1C=NC2=CC=CNC21C. The van der Waals surface area contributed by atoms with Gasteiger partial charge in [-0.1, -0.05) is 0 Å². The van der Waals surface area contributed by atoms with Crippen LogP contribution in [0.25, 0.3) is 0 Å². The Morgan fingerprint density at radius 3 is 2.79 bits per heavy atom. The Balaban J connectivity index is 2.38. The number of hydrogen-bond donors (Lipinski definition) is 1. The number of aliphatic imine (C=N–C) groups is 1. The first kappa shape index (κ1) is 9.31. The zero-order chi connectivity index (χ0) is 10.4. The summed E-state index contributed by atoms with van der Waals surface area (Å²) in [5, 5.41) is 3.37. The van der Waals surface area contributed by atoms with Gasteiger partial charge in [0, 0.05) is 5.54 Å². The van der Waals surface area contributed by atoms with Gasteiger partial charge in [0.05, 0.1) is 12.0 Å². The fourth-order valence-corrected chi connectivity index (χ4v) is 2.03. The largest absolute Gasteiger partial charge is 0.364 e. The lowest BCUT2D eigenvalue weighted by atomic mass is 9.98. The first-order valence-electron chi connectivity index (χ1n) is 4.93. The number of nitrogens with zero attached hydrogens (tertiary/aromatic N) is 2. The highest BCUT2D eigenvalue weighted by Crippen LogP contribution is 2.34. The Kier molecular flexibility index (Phi) is 1.74. The predicted molar refractivity (Wildman–Crippen MR) is 58.8 cm³/mol. The summed E-state index contributed by atoms with van der Waals surface area (Å²) >= 11 is 0. The van der Waals surface area contributed by atoms with E-state index in [0.717, 1.165) is 5.70 Å². The topological polar surface area (TPSA) is 27.6 Å². The summed E-state index contributed by atoms with van der Waals surface area (Å²) < 4.78 is 0. The van der Waals surface area contributed by atoms with Gasteiger partial charge < -0.3 is 10.2 Å². The first-order valence-corrected chi connectivity index (χ1v) is 4.93. The minimum Gasteiger partial charge on any atom is -0.364 e. The average molecular weight is 191 g/mol. The van der Waals surface area contributed by atoms with E-state index in [9.17, 15) is 0 Å². The van der Waals surface area contributed by atoms with Crippen LogP contribution in [-0.4, -0.2) is 22.4 Å². The molecule has 0 amide bonds. The van der Waals surface area contributed by atoms with Crippen molar-refractivity contribution in [3.8, 4) is 0 Å². The Bertz CT molecular complexity index is 333. The van der Waals surface area contributed by atoms with Gasteiger partial charge in [0.2, 0.25) is 0 Å². The van der Waals surface area contributed by atoms with Crippen LogP contribution in [0.4, 0.5) is 0 Å². The van der Waals surface area contributed by atoms with E-state index in [2.05, 4.69) is 49.0 Å². The van der Waals surface area contributed by atoms with E-state index >= 15 is 0 Å². The molecule has 1 atom stereocenters. The number of nitrogens with one attached hydrogen (secondary N) is 1. The van der Waals surface area contributed by atoms with Crippen molar-refractivity contribution in [2.75, 3.05) is 0 Å². The summed E-state index contributed by atoms with van der Waals surface area (Å²) in [5.41, 5.74) is 0.980. The highest BCUT2D eigenvalue weighted by molar-refractivity contribution is 5.66. The Hall–Kier alpha value is -1.25. The molecule has 2 rings (SSSR count). The summed E-state index contributed by atoms with van der Waals surface area (Å²) in [4.78, 5) is 6.67. The minimum atomic E-state index is -0.174. The van der Waals surface area contributed by atoms with Crippen LogP contribution in [-0.2, 0) is 0 Å². The molecule has 2 aliphatic rings. The van der Waals surface area contributed by atoms with Gasteiger partial charge in [-0.2, -0.15) is 0 Å². The highest BCUT2D eigenvalue weighted by atomic mass is 15.4. The fourth-order valence-electron chi connectivity index (χ4n) is 2.03. The normalized spacial score (nSPS) is 30.0. The van der Waals surface area contributed by atoms with Gasteiger partial charge in [0.15, 0.2) is 5.66 Å². The molecule has 2 aliphatic heterocycles. The molecule has 14 heavy (non-hydrogen) atoms. The average Bonchev–Trinajstić information content (AvgIpc) is 2.40. The second-order valence-electron chi connectivity index (χ2n) is 4.91. The van der Waals surface area contributed by atoms with E-state index in [1.54, 1.807) is 0 Å². The predicted octanol–water partition coefficient (Wildman–Crippen LogP) is 1.85. The van der Waals surface area contributed by atoms with Crippen LogP contribution in [0, 0.1) is 0 Å². The van der Waals surface area contributed by atoms with Gasteiger partial charge in [-0.05, 0) is 46.0 Å². The molecule has 0 aromatic heterocycles. The first-order chi connectivity index (χ1) is 6.44. The number of rotatable bonds is 0. The van der Waals surface area contributed by atoms with Crippen LogP contribution in [0.15, 0.2) is 29.0 Å². The lowest BCUT2D eigenvalue weighted by Gasteiger charge is -2.45. The third kappa shape index (κ3) is 1.15. The summed E-state index contributed by atoms with van der Waals surface area (Å²) in [6.07, 6.45) is 7.93. The second-order valence-corrected chi connectivity index (χ2v) is 4.91. The van der Waals surface area contributed by atoms with Gasteiger partial charge in [-0.25, -0.2) is 4.99 Å². The van der Waals surface area contributed by atoms with Crippen molar-refractivity contribution >= 4 is 6.34 Å². The molecule has 0 radical (unpaired) electrons. The molecular formula is C11H17N3. The van der Waals surface area contributed by atoms with Crippen LogP contribution < -0.4 is 5.32 Å². The monoisotopic (exact) mass is 191 g/mol. The molecule has 2 heterocycles. The van der Waals surface area contributed by atoms with Crippen LogP contribution in [0.1, 0.15) is 27.7 Å². The molecule has 0 aliphatic carbocycles. The smallest absolute Gasteiger partial charge is 0.152 e. The molecule has 0 bridgehead atoms. The van der Waals surface area contributed by atoms with Crippen LogP contribution in [0.5, 0.6) is 0 Å². The molecular weight excluding hydrogens is 174 g/mol. The summed E-state index contributed by atoms with van der Waals surface area (Å²) in [6.45, 7) is 8.72. The zero-order valence-corrected chi connectivity index (χ0v) is 9.20. The van der Waals surface area contributed by atoms with Crippen molar-refractivity contribution in [2.45, 2.75) is 38.9 Å². The number of hydrogen-bond acceptors (Lipinski definition) is 3. The molecule has 0 saturated heterocycles. The van der Waals surface area contributed by atoms with E-state index in [-0.39, 0.29) is 11.2 Å². The van der Waals surface area contributed by atoms with Crippen molar-refractivity contribution in [1.82, 2.24) is 10.2 Å². The van der Waals surface area contributed by atoms with Crippen molar-refractivity contribution in [3.05, 3.63) is 24.0 Å². The highest BCUT2D eigenvalue weighted by Gasteiger charge is 2.43. The maximum absolute atomic E-state index is 4.43. The van der Waals surface area contributed by atoms with Gasteiger partial charge in [-0.3, -0.25) is 0 Å². The van der Waals surface area contributed by atoms with Crippen molar-refractivity contribution < 1.29 is 0 Å². The Morgan fingerprint density at radius 1 is 1.43 bits per heavy atom. The lowest BCUT2D eigenvalue weighted by molar-refractivity contribution is 0.122. The number of dihydropyridines is 1. The summed E-state index contributed by atoms with van der Waals surface area (Å²) in [6, 6.07) is 0. The van der Waals surface area contributed by atoms with Gasteiger partial charge in [0.25, 0.3) is 0 Å². The molecule has 76 valence electrons. The molecule has 1 unspecified atom stereocenters. The fraction of sp³-hybridized carbons (Fsp3) is 0.545. The summed E-state index contributed by atoms with van der Waals surface area (Å²) in [5.74, 6) is 0. The Labute approximate surface area is 85.2 Å². The third-order valence-corrected chi connectivity index (χ3v) is 2.73.